The first-order valence-corrected chi connectivity index (χ1v) is 7.50. The molecule has 16 heavy (non-hydrogen) atoms. The molecule has 1 atom stereocenters. The molecule has 0 aliphatic carbocycles. The van der Waals surface area contributed by atoms with Gasteiger partial charge in [-0.05, 0) is 12.1 Å². The van der Waals surface area contributed by atoms with Gasteiger partial charge in [0.2, 0.25) is 0 Å². The number of hydrogen-bond donors (Lipinski definition) is 0. The number of halogens is 2. The first-order valence-electron chi connectivity index (χ1n) is 4.54. The predicted molar refractivity (Wildman–Crippen MR) is 68.0 cm³/mol. The molecule has 0 fully saturated rings. The molecule has 0 aromatic heterocycles. The Labute approximate surface area is 107 Å². The van der Waals surface area contributed by atoms with Crippen LogP contribution in [0.4, 0.5) is 4.39 Å². The Hall–Kier alpha value is -0.500. The van der Waals surface area contributed by atoms with E-state index in [2.05, 4.69) is 0 Å². The van der Waals surface area contributed by atoms with E-state index in [1.54, 1.807) is 22.6 Å². The number of hydrogen-bond acceptors (Lipinski definition) is 3. The lowest BCUT2D eigenvalue weighted by molar-refractivity contribution is 0.101. The third-order valence-electron chi connectivity index (χ3n) is 2.03. The molecular formula is C10H10FIO3S. The summed E-state index contributed by atoms with van der Waals surface area (Å²) in [6, 6.07) is 5.03. The van der Waals surface area contributed by atoms with Crippen molar-refractivity contribution in [2.24, 2.45) is 0 Å². The van der Waals surface area contributed by atoms with Crippen molar-refractivity contribution < 1.29 is 17.6 Å². The van der Waals surface area contributed by atoms with Crippen molar-refractivity contribution in [2.75, 3.05) is 5.75 Å². The highest BCUT2D eigenvalue weighted by Crippen LogP contribution is 2.18. The van der Waals surface area contributed by atoms with Gasteiger partial charge >= 0.3 is 0 Å². The molecule has 1 aromatic carbocycles. The fourth-order valence-corrected chi connectivity index (χ4v) is 3.28. The van der Waals surface area contributed by atoms with Crippen molar-refractivity contribution in [3.63, 3.8) is 0 Å². The summed E-state index contributed by atoms with van der Waals surface area (Å²) < 4.78 is 34.7. The normalized spacial score (nSPS) is 13.4. The summed E-state index contributed by atoms with van der Waals surface area (Å²) in [5.41, 5.74) is 0.0800. The fourth-order valence-electron chi connectivity index (χ4n) is 1.08. The average molecular weight is 356 g/mol. The number of sulfone groups is 1. The van der Waals surface area contributed by atoms with Crippen LogP contribution >= 0.6 is 22.6 Å². The highest BCUT2D eigenvalue weighted by Gasteiger charge is 2.28. The van der Waals surface area contributed by atoms with Crippen molar-refractivity contribution in [1.82, 2.24) is 0 Å². The number of carbonyl (C=O) groups is 1. The van der Waals surface area contributed by atoms with Gasteiger partial charge in [0, 0.05) is 11.3 Å². The van der Waals surface area contributed by atoms with Gasteiger partial charge in [-0.1, -0.05) is 41.6 Å². The second-order valence-corrected chi connectivity index (χ2v) is 7.61. The Balaban J connectivity index is 3.04. The number of benzene rings is 1. The van der Waals surface area contributed by atoms with E-state index in [4.69, 9.17) is 0 Å². The predicted octanol–water partition coefficient (Wildman–Crippen LogP) is 2.20. The van der Waals surface area contributed by atoms with Crippen LogP contribution in [0.25, 0.3) is 0 Å². The van der Waals surface area contributed by atoms with Gasteiger partial charge in [-0.15, -0.1) is 0 Å². The lowest BCUT2D eigenvalue weighted by atomic mass is 10.1. The molecule has 0 radical (unpaired) electrons. The summed E-state index contributed by atoms with van der Waals surface area (Å²) in [5, 5.41) is 0. The van der Waals surface area contributed by atoms with Crippen LogP contribution in [0.1, 0.15) is 17.3 Å². The molecular weight excluding hydrogens is 346 g/mol. The van der Waals surface area contributed by atoms with Gasteiger partial charge < -0.3 is 0 Å². The summed E-state index contributed by atoms with van der Waals surface area (Å²) in [5.74, 6) is -1.24. The molecule has 0 saturated heterocycles. The van der Waals surface area contributed by atoms with Gasteiger partial charge in [0.1, 0.15) is 5.82 Å². The molecule has 3 nitrogen and oxygen atoms in total. The van der Waals surface area contributed by atoms with Crippen LogP contribution in [-0.4, -0.2) is 23.2 Å². The van der Waals surface area contributed by atoms with Crippen LogP contribution in [-0.2, 0) is 9.84 Å². The molecule has 0 bridgehead atoms. The van der Waals surface area contributed by atoms with Crippen LogP contribution < -0.4 is 0 Å². The molecule has 0 spiro atoms. The number of Topliss-reactive ketones (excluding diaryl/α,β-unsaturated/α-hetero) is 1. The largest absolute Gasteiger partial charge is 0.292 e. The Morgan fingerprint density at radius 2 is 2.12 bits per heavy atom. The van der Waals surface area contributed by atoms with E-state index in [1.807, 2.05) is 0 Å². The van der Waals surface area contributed by atoms with Gasteiger partial charge in [0.25, 0.3) is 0 Å². The quantitative estimate of drug-likeness (QED) is 0.472. The molecule has 0 N–H and O–H groups in total. The summed E-state index contributed by atoms with van der Waals surface area (Å²) >= 11 is 1.57. The molecule has 1 aromatic rings. The van der Waals surface area contributed by atoms with Crippen molar-refractivity contribution in [1.29, 1.82) is 0 Å². The maximum atomic E-state index is 12.9. The van der Waals surface area contributed by atoms with Crippen molar-refractivity contribution in [3.8, 4) is 0 Å². The number of ketones is 1. The van der Waals surface area contributed by atoms with Crippen molar-refractivity contribution in [2.45, 2.75) is 10.2 Å². The van der Waals surface area contributed by atoms with E-state index in [-0.39, 0.29) is 11.3 Å². The fraction of sp³-hybridized carbons (Fsp3) is 0.300. The third kappa shape index (κ3) is 3.00. The smallest absolute Gasteiger partial charge is 0.190 e. The van der Waals surface area contributed by atoms with E-state index >= 15 is 0 Å². The molecule has 0 unspecified atom stereocenters. The van der Waals surface area contributed by atoms with Crippen molar-refractivity contribution in [3.05, 3.63) is 35.6 Å². The average Bonchev–Trinajstić information content (AvgIpc) is 2.27. The molecule has 88 valence electrons. The molecule has 0 heterocycles. The second kappa shape index (κ2) is 5.22. The molecule has 0 aliphatic heterocycles. The van der Waals surface area contributed by atoms with Gasteiger partial charge in [0.05, 0.1) is 0 Å². The van der Waals surface area contributed by atoms with Crippen LogP contribution in [0.5, 0.6) is 0 Å². The topological polar surface area (TPSA) is 51.2 Å². The summed E-state index contributed by atoms with van der Waals surface area (Å²) in [7, 11) is -3.44. The maximum Gasteiger partial charge on any atom is 0.190 e. The minimum Gasteiger partial charge on any atom is -0.292 e. The minimum absolute atomic E-state index is 0.0800. The molecule has 0 saturated carbocycles. The minimum atomic E-state index is -3.44. The molecule has 1 rings (SSSR count). The summed E-state index contributed by atoms with van der Waals surface area (Å²) in [6.07, 6.45) is 0. The van der Waals surface area contributed by atoms with E-state index in [1.165, 1.54) is 25.1 Å². The molecule has 0 amide bonds. The van der Waals surface area contributed by atoms with E-state index in [0.717, 1.165) is 6.07 Å². The third-order valence-corrected chi connectivity index (χ3v) is 6.57. The standard InChI is InChI=1S/C10H10FIO3S/c1-2-16(14,15)10(12)9(13)7-4-3-5-8(11)6-7/h3-6,10H,2H2,1H3/t10-/m0/s1. The van der Waals surface area contributed by atoms with Gasteiger partial charge in [-0.2, -0.15) is 0 Å². The van der Waals surface area contributed by atoms with E-state index in [0.29, 0.717) is 0 Å². The van der Waals surface area contributed by atoms with Crippen LogP contribution in [0.15, 0.2) is 24.3 Å². The van der Waals surface area contributed by atoms with Crippen molar-refractivity contribution >= 4 is 38.2 Å². The summed E-state index contributed by atoms with van der Waals surface area (Å²) in [4.78, 5) is 11.7. The SMILES string of the molecule is CCS(=O)(=O)[C@H](I)C(=O)c1cccc(F)c1. The second-order valence-electron chi connectivity index (χ2n) is 3.14. The number of carbonyl (C=O) groups excluding carboxylic acids is 1. The Kier molecular flexibility index (Phi) is 4.43. The zero-order chi connectivity index (χ0) is 12.3. The first kappa shape index (κ1) is 13.6. The zero-order valence-corrected chi connectivity index (χ0v) is 11.5. The number of alkyl halides is 1. The zero-order valence-electron chi connectivity index (χ0n) is 8.48. The van der Waals surface area contributed by atoms with Gasteiger partial charge in [-0.25, -0.2) is 12.8 Å². The van der Waals surface area contributed by atoms with Gasteiger partial charge in [-0.3, -0.25) is 4.79 Å². The first-order chi connectivity index (χ1) is 7.38. The lowest BCUT2D eigenvalue weighted by Gasteiger charge is -2.08. The van der Waals surface area contributed by atoms with Crippen LogP contribution in [0.3, 0.4) is 0 Å². The van der Waals surface area contributed by atoms with Crippen LogP contribution in [0.2, 0.25) is 0 Å². The van der Waals surface area contributed by atoms with Gasteiger partial charge in [0.15, 0.2) is 18.9 Å². The Morgan fingerprint density at radius 3 is 2.62 bits per heavy atom. The Morgan fingerprint density at radius 1 is 1.50 bits per heavy atom. The summed E-state index contributed by atoms with van der Waals surface area (Å²) in [6.45, 7) is 1.47. The lowest BCUT2D eigenvalue weighted by Crippen LogP contribution is -2.26. The monoisotopic (exact) mass is 356 g/mol. The Bertz CT molecular complexity index is 499. The molecule has 6 heteroatoms. The highest BCUT2D eigenvalue weighted by molar-refractivity contribution is 14.1. The number of rotatable bonds is 4. The van der Waals surface area contributed by atoms with E-state index < -0.39 is 24.7 Å². The van der Waals surface area contributed by atoms with Crippen LogP contribution in [0, 0.1) is 5.82 Å². The molecule has 0 aliphatic rings. The highest BCUT2D eigenvalue weighted by atomic mass is 127. The van der Waals surface area contributed by atoms with E-state index in [9.17, 15) is 17.6 Å². The maximum absolute atomic E-state index is 12.9.